The van der Waals surface area contributed by atoms with Crippen molar-refractivity contribution in [3.8, 4) is 6.07 Å². The van der Waals surface area contributed by atoms with E-state index in [-0.39, 0.29) is 12.5 Å². The Labute approximate surface area is 151 Å². The monoisotopic (exact) mass is 346 g/mol. The van der Waals surface area contributed by atoms with Crippen molar-refractivity contribution >= 4 is 5.91 Å². The second-order valence-corrected chi connectivity index (χ2v) is 5.89. The summed E-state index contributed by atoms with van der Waals surface area (Å²) in [5, 5.41) is 19.3. The van der Waals surface area contributed by atoms with E-state index in [4.69, 9.17) is 9.68 Å². The summed E-state index contributed by atoms with van der Waals surface area (Å²) in [6, 6.07) is 21.5. The minimum atomic E-state index is -0.920. The molecule has 1 heterocycles. The van der Waals surface area contributed by atoms with Gasteiger partial charge < -0.3 is 14.4 Å². The minimum Gasteiger partial charge on any atom is -0.467 e. The molecular formula is C21H18N2O3. The Bertz CT molecular complexity index is 881. The number of amides is 1. The van der Waals surface area contributed by atoms with Crippen molar-refractivity contribution in [2.24, 2.45) is 0 Å². The lowest BCUT2D eigenvalue weighted by molar-refractivity contribution is 0.0563. The third-order valence-corrected chi connectivity index (χ3v) is 4.03. The molecule has 5 nitrogen and oxygen atoms in total. The molecular weight excluding hydrogens is 328 g/mol. The molecule has 1 unspecified atom stereocenters. The van der Waals surface area contributed by atoms with E-state index in [1.165, 1.54) is 6.26 Å². The van der Waals surface area contributed by atoms with E-state index in [9.17, 15) is 9.90 Å². The van der Waals surface area contributed by atoms with Gasteiger partial charge in [-0.1, -0.05) is 30.3 Å². The highest BCUT2D eigenvalue weighted by molar-refractivity contribution is 5.94. The molecule has 1 atom stereocenters. The van der Waals surface area contributed by atoms with Crippen LogP contribution in [0.3, 0.4) is 0 Å². The molecule has 0 spiro atoms. The van der Waals surface area contributed by atoms with Crippen molar-refractivity contribution in [2.45, 2.75) is 12.6 Å². The number of rotatable bonds is 6. The fourth-order valence-corrected chi connectivity index (χ4v) is 2.67. The van der Waals surface area contributed by atoms with Crippen LogP contribution in [0.25, 0.3) is 0 Å². The standard InChI is InChI=1S/C21H18N2O3/c22-13-16-8-10-18(11-9-16)21(25)23(14-17-5-2-1-3-6-17)15-19(24)20-7-4-12-26-20/h1-12,19,24H,14-15H2. The van der Waals surface area contributed by atoms with Crippen LogP contribution in [0.1, 0.15) is 33.3 Å². The summed E-state index contributed by atoms with van der Waals surface area (Å²) in [7, 11) is 0. The first kappa shape index (κ1) is 17.5. The maximum absolute atomic E-state index is 13.0. The molecule has 0 fully saturated rings. The van der Waals surface area contributed by atoms with Crippen LogP contribution < -0.4 is 0 Å². The predicted octanol–water partition coefficient (Wildman–Crippen LogP) is 3.53. The first-order valence-electron chi connectivity index (χ1n) is 8.22. The van der Waals surface area contributed by atoms with E-state index in [0.29, 0.717) is 23.4 Å². The van der Waals surface area contributed by atoms with Gasteiger partial charge in [-0.25, -0.2) is 0 Å². The quantitative estimate of drug-likeness (QED) is 0.741. The molecule has 0 aliphatic heterocycles. The second-order valence-electron chi connectivity index (χ2n) is 5.89. The first-order chi connectivity index (χ1) is 12.7. The minimum absolute atomic E-state index is 0.0985. The van der Waals surface area contributed by atoms with Crippen LogP contribution in [0.5, 0.6) is 0 Å². The Morgan fingerprint density at radius 1 is 1.08 bits per heavy atom. The highest BCUT2D eigenvalue weighted by Gasteiger charge is 2.21. The van der Waals surface area contributed by atoms with E-state index >= 15 is 0 Å². The highest BCUT2D eigenvalue weighted by Crippen LogP contribution is 2.18. The summed E-state index contributed by atoms with van der Waals surface area (Å²) < 4.78 is 5.24. The van der Waals surface area contributed by atoms with Gasteiger partial charge in [0.15, 0.2) is 0 Å². The van der Waals surface area contributed by atoms with Gasteiger partial charge >= 0.3 is 0 Å². The van der Waals surface area contributed by atoms with Crippen LogP contribution in [-0.2, 0) is 6.54 Å². The Kier molecular flexibility index (Phi) is 5.47. The Balaban J connectivity index is 1.83. The fourth-order valence-electron chi connectivity index (χ4n) is 2.67. The number of furan rings is 1. The average Bonchev–Trinajstić information content (AvgIpc) is 3.23. The zero-order valence-corrected chi connectivity index (χ0v) is 14.1. The zero-order chi connectivity index (χ0) is 18.4. The maximum atomic E-state index is 13.0. The molecule has 0 bridgehead atoms. The van der Waals surface area contributed by atoms with Crippen molar-refractivity contribution < 1.29 is 14.3 Å². The molecule has 2 aromatic carbocycles. The predicted molar refractivity (Wildman–Crippen MR) is 96.0 cm³/mol. The third kappa shape index (κ3) is 4.18. The lowest BCUT2D eigenvalue weighted by Gasteiger charge is -2.25. The summed E-state index contributed by atoms with van der Waals surface area (Å²) >= 11 is 0. The normalized spacial score (nSPS) is 11.5. The molecule has 1 amide bonds. The van der Waals surface area contributed by atoms with Gasteiger partial charge in [-0.05, 0) is 42.0 Å². The molecule has 3 aromatic rings. The van der Waals surface area contributed by atoms with Crippen LogP contribution in [0.2, 0.25) is 0 Å². The molecule has 0 radical (unpaired) electrons. The lowest BCUT2D eigenvalue weighted by atomic mass is 10.1. The second kappa shape index (κ2) is 8.15. The van der Waals surface area contributed by atoms with Gasteiger partial charge in [0.1, 0.15) is 11.9 Å². The van der Waals surface area contributed by atoms with Gasteiger partial charge in [-0.3, -0.25) is 4.79 Å². The van der Waals surface area contributed by atoms with E-state index in [1.54, 1.807) is 41.3 Å². The molecule has 3 rings (SSSR count). The molecule has 0 saturated carbocycles. The number of carbonyl (C=O) groups excluding carboxylic acids is 1. The largest absolute Gasteiger partial charge is 0.467 e. The third-order valence-electron chi connectivity index (χ3n) is 4.03. The van der Waals surface area contributed by atoms with E-state index in [0.717, 1.165) is 5.56 Å². The van der Waals surface area contributed by atoms with Crippen molar-refractivity contribution in [3.63, 3.8) is 0 Å². The van der Waals surface area contributed by atoms with Crippen LogP contribution in [0, 0.1) is 11.3 Å². The van der Waals surface area contributed by atoms with Crippen molar-refractivity contribution in [3.05, 3.63) is 95.4 Å². The highest BCUT2D eigenvalue weighted by atomic mass is 16.4. The molecule has 1 aromatic heterocycles. The summed E-state index contributed by atoms with van der Waals surface area (Å²) in [6.45, 7) is 0.457. The molecule has 1 N–H and O–H groups in total. The van der Waals surface area contributed by atoms with Crippen molar-refractivity contribution in [1.29, 1.82) is 5.26 Å². The summed E-state index contributed by atoms with van der Waals surface area (Å²) in [4.78, 5) is 14.5. The maximum Gasteiger partial charge on any atom is 0.254 e. The topological polar surface area (TPSA) is 77.5 Å². The average molecular weight is 346 g/mol. The lowest BCUT2D eigenvalue weighted by Crippen LogP contribution is -2.34. The van der Waals surface area contributed by atoms with E-state index < -0.39 is 6.10 Å². The smallest absolute Gasteiger partial charge is 0.254 e. The number of carbonyl (C=O) groups is 1. The van der Waals surface area contributed by atoms with Crippen molar-refractivity contribution in [2.75, 3.05) is 6.54 Å². The van der Waals surface area contributed by atoms with Gasteiger partial charge in [0, 0.05) is 12.1 Å². The molecule has 0 aliphatic rings. The van der Waals surface area contributed by atoms with E-state index in [2.05, 4.69) is 0 Å². The number of hydrogen-bond donors (Lipinski definition) is 1. The SMILES string of the molecule is N#Cc1ccc(C(=O)N(Cc2ccccc2)CC(O)c2ccco2)cc1. The van der Waals surface area contributed by atoms with Gasteiger partial charge in [-0.15, -0.1) is 0 Å². The van der Waals surface area contributed by atoms with Gasteiger partial charge in [0.25, 0.3) is 5.91 Å². The molecule has 5 heteroatoms. The van der Waals surface area contributed by atoms with Crippen LogP contribution in [-0.4, -0.2) is 22.5 Å². The number of hydrogen-bond acceptors (Lipinski definition) is 4. The number of benzene rings is 2. The Morgan fingerprint density at radius 3 is 2.42 bits per heavy atom. The first-order valence-corrected chi connectivity index (χ1v) is 8.22. The van der Waals surface area contributed by atoms with Gasteiger partial charge in [0.2, 0.25) is 0 Å². The summed E-state index contributed by atoms with van der Waals surface area (Å²) in [6.07, 6.45) is 0.568. The zero-order valence-electron chi connectivity index (χ0n) is 14.1. The molecule has 26 heavy (non-hydrogen) atoms. The number of aliphatic hydroxyl groups is 1. The molecule has 0 saturated heterocycles. The van der Waals surface area contributed by atoms with Crippen LogP contribution >= 0.6 is 0 Å². The molecule has 0 aliphatic carbocycles. The number of aliphatic hydroxyl groups excluding tert-OH is 1. The molecule has 130 valence electrons. The van der Waals surface area contributed by atoms with Crippen LogP contribution in [0.15, 0.2) is 77.4 Å². The Hall–Kier alpha value is -3.36. The Morgan fingerprint density at radius 2 is 1.81 bits per heavy atom. The van der Waals surface area contributed by atoms with Crippen molar-refractivity contribution in [1.82, 2.24) is 4.90 Å². The summed E-state index contributed by atoms with van der Waals surface area (Å²) in [5.41, 5.74) is 1.92. The fraction of sp³-hybridized carbons (Fsp3) is 0.143. The van der Waals surface area contributed by atoms with E-state index in [1.807, 2.05) is 36.4 Å². The van der Waals surface area contributed by atoms with Gasteiger partial charge in [0.05, 0.1) is 24.4 Å². The number of nitriles is 1. The number of nitrogens with zero attached hydrogens (tertiary/aromatic N) is 2. The summed E-state index contributed by atoms with van der Waals surface area (Å²) in [5.74, 6) is 0.194. The van der Waals surface area contributed by atoms with Gasteiger partial charge in [-0.2, -0.15) is 5.26 Å². The van der Waals surface area contributed by atoms with Crippen LogP contribution in [0.4, 0.5) is 0 Å².